The molecule has 3 aromatic heterocycles. The maximum atomic E-state index is 4.77. The summed E-state index contributed by atoms with van der Waals surface area (Å²) in [5.41, 5.74) is 11.0. The van der Waals surface area contributed by atoms with E-state index in [1.807, 2.05) is 48.0 Å². The average Bonchev–Trinajstić information content (AvgIpc) is 3.76. The quantitative estimate of drug-likeness (QED) is 0.123. The summed E-state index contributed by atoms with van der Waals surface area (Å²) in [6.45, 7) is 11.4. The Hall–Kier alpha value is -3.73. The fraction of sp³-hybridized carbons (Fsp3) is 0.244. The van der Waals surface area contributed by atoms with Crippen LogP contribution in [0.5, 0.6) is 0 Å². The third kappa shape index (κ3) is 7.92. The minimum Gasteiger partial charge on any atom is -0.305 e. The Morgan fingerprint density at radius 1 is 0.760 bits per heavy atom. The molecule has 1 aliphatic rings. The van der Waals surface area contributed by atoms with Crippen molar-refractivity contribution < 1.29 is 20.1 Å². The summed E-state index contributed by atoms with van der Waals surface area (Å²) in [5.74, 6) is 0.840. The van der Waals surface area contributed by atoms with Gasteiger partial charge in [0.05, 0.1) is 8.07 Å². The molecule has 0 atom stereocenters. The van der Waals surface area contributed by atoms with Gasteiger partial charge in [-0.05, 0) is 87.2 Å². The van der Waals surface area contributed by atoms with Gasteiger partial charge in [0, 0.05) is 37.2 Å². The van der Waals surface area contributed by atoms with Gasteiger partial charge < -0.3 is 9.97 Å². The van der Waals surface area contributed by atoms with Crippen LogP contribution in [0.4, 0.5) is 0 Å². The van der Waals surface area contributed by atoms with Crippen LogP contribution < -0.4 is 5.19 Å². The first-order valence-electron chi connectivity index (χ1n) is 17.6. The molecule has 3 heterocycles. The van der Waals surface area contributed by atoms with Crippen LogP contribution in [-0.2, 0) is 26.5 Å². The molecule has 255 valence electrons. The average molecular weight is 865 g/mol. The molecule has 0 bridgehead atoms. The van der Waals surface area contributed by atoms with Gasteiger partial charge in [0.2, 0.25) is 0 Å². The van der Waals surface area contributed by atoms with Crippen LogP contribution in [0, 0.1) is 31.9 Å². The Balaban J connectivity index is 0.000000215. The third-order valence-electron chi connectivity index (χ3n) is 9.90. The first-order valence-corrected chi connectivity index (χ1v) is 21.9. The molecular weight excluding hydrogens is 821 g/mol. The zero-order chi connectivity index (χ0) is 34.0. The van der Waals surface area contributed by atoms with Crippen molar-refractivity contribution in [2.24, 2.45) is 5.92 Å². The molecule has 1 aliphatic carbocycles. The fourth-order valence-electron chi connectivity index (χ4n) is 7.19. The first kappa shape index (κ1) is 36.1. The van der Waals surface area contributed by atoms with Gasteiger partial charge in [0.15, 0.2) is 0 Å². The van der Waals surface area contributed by atoms with E-state index in [-0.39, 0.29) is 20.1 Å². The third-order valence-corrected chi connectivity index (χ3v) is 13.1. The number of nitrogens with zero attached hydrogens (tertiary/aromatic N) is 2. The minimum atomic E-state index is -1.23. The molecule has 7 aromatic rings. The van der Waals surface area contributed by atoms with Crippen molar-refractivity contribution >= 4 is 44.8 Å². The summed E-state index contributed by atoms with van der Waals surface area (Å²) in [5, 5.41) is 4.02. The second-order valence-electron chi connectivity index (χ2n) is 14.5. The Labute approximate surface area is 316 Å². The van der Waals surface area contributed by atoms with Crippen LogP contribution in [0.3, 0.4) is 0 Å². The van der Waals surface area contributed by atoms with Crippen LogP contribution in [0.2, 0.25) is 19.6 Å². The first-order chi connectivity index (χ1) is 23.7. The van der Waals surface area contributed by atoms with Gasteiger partial charge in [-0.15, -0.1) is 59.7 Å². The van der Waals surface area contributed by atoms with Gasteiger partial charge >= 0.3 is 0 Å². The van der Waals surface area contributed by atoms with Gasteiger partial charge in [0.25, 0.3) is 0 Å². The topological polar surface area (TPSA) is 25.8 Å². The molecule has 4 aromatic carbocycles. The van der Waals surface area contributed by atoms with Crippen LogP contribution in [0.1, 0.15) is 42.4 Å². The molecule has 0 unspecified atom stereocenters. The molecule has 1 fully saturated rings. The van der Waals surface area contributed by atoms with Crippen molar-refractivity contribution in [1.29, 1.82) is 0 Å². The van der Waals surface area contributed by atoms with Crippen LogP contribution in [-0.4, -0.2) is 18.0 Å². The van der Waals surface area contributed by atoms with E-state index in [4.69, 9.17) is 4.98 Å². The SMILES string of the molecule is C[Si](C)(C)c1ccc(-c2[c-]cccc2)nc1.Cc1cccc(C)c1-c1ccc2c(c1)sc1c(-c3cc(CC4CCCC4)ccn3)[c-]ccc12.[Ir]. The summed E-state index contributed by atoms with van der Waals surface area (Å²) in [7, 11) is -1.23. The number of hydrogen-bond acceptors (Lipinski definition) is 3. The van der Waals surface area contributed by atoms with E-state index in [2.05, 4.69) is 123 Å². The van der Waals surface area contributed by atoms with Gasteiger partial charge in [0.1, 0.15) is 0 Å². The number of aryl methyl sites for hydroxylation is 2. The van der Waals surface area contributed by atoms with Gasteiger partial charge in [-0.3, -0.25) is 0 Å². The summed E-state index contributed by atoms with van der Waals surface area (Å²) in [6, 6.07) is 41.2. The number of thiophene rings is 1. The number of rotatable bonds is 6. The van der Waals surface area contributed by atoms with Crippen LogP contribution in [0.15, 0.2) is 109 Å². The molecule has 1 radical (unpaired) electrons. The molecule has 0 saturated heterocycles. The molecule has 0 spiro atoms. The van der Waals surface area contributed by atoms with Gasteiger partial charge in [-0.1, -0.05) is 105 Å². The molecule has 50 heavy (non-hydrogen) atoms. The van der Waals surface area contributed by atoms with E-state index < -0.39 is 8.07 Å². The summed E-state index contributed by atoms with van der Waals surface area (Å²) < 4.78 is 2.62. The normalized spacial score (nSPS) is 13.2. The molecule has 0 aliphatic heterocycles. The Kier molecular flexibility index (Phi) is 11.3. The Morgan fingerprint density at radius 3 is 2.26 bits per heavy atom. The minimum absolute atomic E-state index is 0. The number of fused-ring (bicyclic) bond motifs is 3. The molecule has 0 amide bonds. The van der Waals surface area contributed by atoms with E-state index >= 15 is 0 Å². The van der Waals surface area contributed by atoms with Gasteiger partial charge in [-0.2, -0.15) is 11.3 Å². The van der Waals surface area contributed by atoms with E-state index in [0.29, 0.717) is 0 Å². The van der Waals surface area contributed by atoms with Crippen LogP contribution in [0.25, 0.3) is 53.8 Å². The number of hydrogen-bond donors (Lipinski definition) is 0. The van der Waals surface area contributed by atoms with Gasteiger partial charge in [-0.25, -0.2) is 0 Å². The monoisotopic (exact) mass is 865 g/mol. The van der Waals surface area contributed by atoms with Crippen molar-refractivity contribution in [3.63, 3.8) is 0 Å². The molecule has 0 N–H and O–H groups in total. The second kappa shape index (κ2) is 15.7. The second-order valence-corrected chi connectivity index (χ2v) is 20.7. The predicted molar refractivity (Wildman–Crippen MR) is 213 cm³/mol. The predicted octanol–water partition coefficient (Wildman–Crippen LogP) is 12.0. The van der Waals surface area contributed by atoms with E-state index in [9.17, 15) is 0 Å². The molecular formula is C45H44IrN2SSi-2. The fourth-order valence-corrected chi connectivity index (χ4v) is 9.47. The van der Waals surface area contributed by atoms with E-state index in [1.54, 1.807) is 0 Å². The van der Waals surface area contributed by atoms with Crippen molar-refractivity contribution in [1.82, 2.24) is 9.97 Å². The summed E-state index contributed by atoms with van der Waals surface area (Å²) in [6.07, 6.45) is 10.7. The van der Waals surface area contributed by atoms with Crippen molar-refractivity contribution in [3.05, 3.63) is 138 Å². The maximum Gasteiger partial charge on any atom is 0.0795 e. The largest absolute Gasteiger partial charge is 0.305 e. The van der Waals surface area contributed by atoms with E-state index in [0.717, 1.165) is 28.4 Å². The number of pyridine rings is 2. The zero-order valence-electron chi connectivity index (χ0n) is 29.6. The zero-order valence-corrected chi connectivity index (χ0v) is 33.9. The van der Waals surface area contributed by atoms with Crippen molar-refractivity contribution in [2.75, 3.05) is 0 Å². The van der Waals surface area contributed by atoms with Crippen molar-refractivity contribution in [3.8, 4) is 33.6 Å². The molecule has 8 rings (SSSR count). The summed E-state index contributed by atoms with van der Waals surface area (Å²) in [4.78, 5) is 9.29. The maximum absolute atomic E-state index is 4.77. The summed E-state index contributed by atoms with van der Waals surface area (Å²) >= 11 is 1.87. The molecule has 5 heteroatoms. The standard InChI is InChI=1S/C31H28NS.C14H16NSi.Ir/c1-20-7-5-8-21(2)30(20)24-13-14-25-26-11-6-12-27(31(26)33-29(25)19-24)28-18-23(15-16-32-28)17-22-9-3-4-10-22;1-16(2,3)13-9-10-14(15-11-13)12-7-5-4-6-8-12;/h5-8,11,13-16,18-19,22H,3-4,9-10,17H2,1-2H3;4-7,9-11H,1-3H3;/q2*-1;. The Bertz CT molecular complexity index is 2190. The van der Waals surface area contributed by atoms with E-state index in [1.165, 1.54) is 85.3 Å². The Morgan fingerprint density at radius 2 is 1.56 bits per heavy atom. The molecule has 2 nitrogen and oxygen atoms in total. The number of benzene rings is 4. The molecule has 1 saturated carbocycles. The van der Waals surface area contributed by atoms with Crippen LogP contribution >= 0.6 is 11.3 Å². The smallest absolute Gasteiger partial charge is 0.0795 e. The van der Waals surface area contributed by atoms with Crippen molar-refractivity contribution in [2.45, 2.75) is 65.6 Å². The number of aromatic nitrogens is 2.